The second-order valence-corrected chi connectivity index (χ2v) is 6.40. The van der Waals surface area contributed by atoms with E-state index in [1.54, 1.807) is 26.0 Å². The molecule has 2 aromatic rings. The van der Waals surface area contributed by atoms with Crippen molar-refractivity contribution in [2.75, 3.05) is 6.54 Å². The van der Waals surface area contributed by atoms with Crippen LogP contribution in [0.5, 0.6) is 0 Å². The first-order valence-electron chi connectivity index (χ1n) is 8.00. The number of halogens is 1. The van der Waals surface area contributed by atoms with E-state index in [9.17, 15) is 9.18 Å². The van der Waals surface area contributed by atoms with E-state index in [0.29, 0.717) is 29.2 Å². The Kier molecular flexibility index (Phi) is 5.54. The Morgan fingerprint density at radius 1 is 1.09 bits per heavy atom. The standard InChI is InChI=1S/C20H24FNO/c1-13(2)18(16-8-6-5-7-9-16)12-22-20(23)17-10-14(3)19(21)15(4)11-17/h5-11,13,18H,12H2,1-4H3,(H,22,23). The fourth-order valence-electron chi connectivity index (χ4n) is 2.82. The number of carbonyl (C=O) groups excluding carboxylic acids is 1. The highest BCUT2D eigenvalue weighted by Crippen LogP contribution is 2.23. The summed E-state index contributed by atoms with van der Waals surface area (Å²) in [4.78, 5) is 12.4. The van der Waals surface area contributed by atoms with Crippen molar-refractivity contribution in [3.05, 3.63) is 70.5 Å². The summed E-state index contributed by atoms with van der Waals surface area (Å²) in [5.74, 6) is 0.265. The van der Waals surface area contributed by atoms with Gasteiger partial charge in [0.15, 0.2) is 0 Å². The van der Waals surface area contributed by atoms with Crippen LogP contribution in [0.1, 0.15) is 46.8 Å². The normalized spacial score (nSPS) is 12.3. The fraction of sp³-hybridized carbons (Fsp3) is 0.350. The van der Waals surface area contributed by atoms with Crippen molar-refractivity contribution in [3.63, 3.8) is 0 Å². The molecule has 0 aliphatic rings. The van der Waals surface area contributed by atoms with Gasteiger partial charge in [-0.05, 0) is 48.6 Å². The van der Waals surface area contributed by atoms with Crippen LogP contribution >= 0.6 is 0 Å². The van der Waals surface area contributed by atoms with Gasteiger partial charge in [-0.1, -0.05) is 44.2 Å². The molecule has 1 unspecified atom stereocenters. The summed E-state index contributed by atoms with van der Waals surface area (Å²) in [7, 11) is 0. The quantitative estimate of drug-likeness (QED) is 0.858. The summed E-state index contributed by atoms with van der Waals surface area (Å²) in [5, 5.41) is 2.99. The lowest BCUT2D eigenvalue weighted by Gasteiger charge is -2.22. The molecule has 122 valence electrons. The molecule has 0 aliphatic heterocycles. The van der Waals surface area contributed by atoms with Crippen LogP contribution in [0.4, 0.5) is 4.39 Å². The SMILES string of the molecule is Cc1cc(C(=O)NCC(c2ccccc2)C(C)C)cc(C)c1F. The van der Waals surface area contributed by atoms with Gasteiger partial charge in [-0.25, -0.2) is 4.39 Å². The van der Waals surface area contributed by atoms with Crippen molar-refractivity contribution < 1.29 is 9.18 Å². The fourth-order valence-corrected chi connectivity index (χ4v) is 2.82. The van der Waals surface area contributed by atoms with Crippen molar-refractivity contribution in [2.24, 2.45) is 5.92 Å². The van der Waals surface area contributed by atoms with Gasteiger partial charge >= 0.3 is 0 Å². The number of nitrogens with one attached hydrogen (secondary N) is 1. The number of rotatable bonds is 5. The lowest BCUT2D eigenvalue weighted by molar-refractivity contribution is 0.0949. The van der Waals surface area contributed by atoms with E-state index >= 15 is 0 Å². The van der Waals surface area contributed by atoms with E-state index in [4.69, 9.17) is 0 Å². The second-order valence-electron chi connectivity index (χ2n) is 6.40. The molecule has 0 aliphatic carbocycles. The Hall–Kier alpha value is -2.16. The van der Waals surface area contributed by atoms with Crippen LogP contribution in [-0.4, -0.2) is 12.5 Å². The molecule has 1 amide bonds. The third-order valence-corrected chi connectivity index (χ3v) is 4.21. The molecule has 2 aromatic carbocycles. The number of aryl methyl sites for hydroxylation is 2. The van der Waals surface area contributed by atoms with Crippen LogP contribution in [0.25, 0.3) is 0 Å². The Morgan fingerprint density at radius 2 is 1.65 bits per heavy atom. The van der Waals surface area contributed by atoms with Gasteiger partial charge < -0.3 is 5.32 Å². The first kappa shape index (κ1) is 17.2. The Labute approximate surface area is 137 Å². The van der Waals surface area contributed by atoms with Gasteiger partial charge in [-0.3, -0.25) is 4.79 Å². The molecule has 2 rings (SSSR count). The zero-order chi connectivity index (χ0) is 17.0. The number of hydrogen-bond acceptors (Lipinski definition) is 1. The monoisotopic (exact) mass is 313 g/mol. The molecular weight excluding hydrogens is 289 g/mol. The average molecular weight is 313 g/mol. The van der Waals surface area contributed by atoms with E-state index in [1.165, 1.54) is 5.56 Å². The van der Waals surface area contributed by atoms with Crippen molar-refractivity contribution in [1.29, 1.82) is 0 Å². The smallest absolute Gasteiger partial charge is 0.251 e. The van der Waals surface area contributed by atoms with E-state index < -0.39 is 0 Å². The summed E-state index contributed by atoms with van der Waals surface area (Å²) in [5.41, 5.74) is 2.73. The van der Waals surface area contributed by atoms with Gasteiger partial charge in [0.25, 0.3) is 5.91 Å². The number of hydrogen-bond donors (Lipinski definition) is 1. The molecule has 3 heteroatoms. The predicted molar refractivity (Wildman–Crippen MR) is 92.2 cm³/mol. The van der Waals surface area contributed by atoms with Gasteiger partial charge in [-0.15, -0.1) is 0 Å². The van der Waals surface area contributed by atoms with E-state index in [-0.39, 0.29) is 17.6 Å². The van der Waals surface area contributed by atoms with Crippen molar-refractivity contribution >= 4 is 5.91 Å². The van der Waals surface area contributed by atoms with Crippen LogP contribution in [0.3, 0.4) is 0 Å². The van der Waals surface area contributed by atoms with Crippen LogP contribution in [0.2, 0.25) is 0 Å². The van der Waals surface area contributed by atoms with Gasteiger partial charge in [-0.2, -0.15) is 0 Å². The number of carbonyl (C=O) groups is 1. The Balaban J connectivity index is 2.11. The van der Waals surface area contributed by atoms with E-state index in [2.05, 4.69) is 31.3 Å². The summed E-state index contributed by atoms with van der Waals surface area (Å²) < 4.78 is 13.7. The van der Waals surface area contributed by atoms with Gasteiger partial charge in [0, 0.05) is 18.0 Å². The second kappa shape index (κ2) is 7.40. The third-order valence-electron chi connectivity index (χ3n) is 4.21. The molecule has 0 bridgehead atoms. The first-order chi connectivity index (χ1) is 10.9. The zero-order valence-corrected chi connectivity index (χ0v) is 14.2. The van der Waals surface area contributed by atoms with Crippen molar-refractivity contribution in [2.45, 2.75) is 33.6 Å². The molecule has 2 nitrogen and oxygen atoms in total. The summed E-state index contributed by atoms with van der Waals surface area (Å²) in [6.07, 6.45) is 0. The van der Waals surface area contributed by atoms with Crippen LogP contribution in [-0.2, 0) is 0 Å². The number of amides is 1. The molecule has 0 radical (unpaired) electrons. The van der Waals surface area contributed by atoms with Crippen LogP contribution < -0.4 is 5.32 Å². The van der Waals surface area contributed by atoms with E-state index in [0.717, 1.165) is 0 Å². The minimum Gasteiger partial charge on any atom is -0.351 e. The van der Waals surface area contributed by atoms with Crippen LogP contribution in [0.15, 0.2) is 42.5 Å². The highest BCUT2D eigenvalue weighted by Gasteiger charge is 2.18. The molecular formula is C20H24FNO. The van der Waals surface area contributed by atoms with Gasteiger partial charge in [0.1, 0.15) is 5.82 Å². The maximum atomic E-state index is 13.7. The summed E-state index contributed by atoms with van der Waals surface area (Å²) in [6, 6.07) is 13.4. The van der Waals surface area contributed by atoms with Gasteiger partial charge in [0.05, 0.1) is 0 Å². The molecule has 0 heterocycles. The zero-order valence-electron chi connectivity index (χ0n) is 14.2. The molecule has 1 atom stereocenters. The molecule has 1 N–H and O–H groups in total. The Morgan fingerprint density at radius 3 is 2.17 bits per heavy atom. The van der Waals surface area contributed by atoms with Gasteiger partial charge in [0.2, 0.25) is 0 Å². The van der Waals surface area contributed by atoms with E-state index in [1.807, 2.05) is 18.2 Å². The largest absolute Gasteiger partial charge is 0.351 e. The minimum absolute atomic E-state index is 0.155. The molecule has 0 saturated carbocycles. The number of benzene rings is 2. The summed E-state index contributed by atoms with van der Waals surface area (Å²) in [6.45, 7) is 8.22. The predicted octanol–water partition coefficient (Wildman–Crippen LogP) is 4.61. The molecule has 0 spiro atoms. The highest BCUT2D eigenvalue weighted by molar-refractivity contribution is 5.94. The Bertz CT molecular complexity index is 656. The van der Waals surface area contributed by atoms with Crippen LogP contribution in [0, 0.1) is 25.6 Å². The molecule has 23 heavy (non-hydrogen) atoms. The average Bonchev–Trinajstić information content (AvgIpc) is 2.52. The van der Waals surface area contributed by atoms with Crippen molar-refractivity contribution in [3.8, 4) is 0 Å². The topological polar surface area (TPSA) is 29.1 Å². The maximum Gasteiger partial charge on any atom is 0.251 e. The third kappa shape index (κ3) is 4.19. The molecule has 0 saturated heterocycles. The lowest BCUT2D eigenvalue weighted by atomic mass is 9.88. The maximum absolute atomic E-state index is 13.7. The molecule has 0 fully saturated rings. The first-order valence-corrected chi connectivity index (χ1v) is 8.00. The summed E-state index contributed by atoms with van der Waals surface area (Å²) >= 11 is 0. The highest BCUT2D eigenvalue weighted by atomic mass is 19.1. The molecule has 0 aromatic heterocycles. The lowest BCUT2D eigenvalue weighted by Crippen LogP contribution is -2.30. The van der Waals surface area contributed by atoms with Crippen molar-refractivity contribution in [1.82, 2.24) is 5.32 Å². The minimum atomic E-state index is -0.245.